The zero-order chi connectivity index (χ0) is 12.0. The summed E-state index contributed by atoms with van der Waals surface area (Å²) in [5.41, 5.74) is 5.37. The molecule has 1 rings (SSSR count). The van der Waals surface area contributed by atoms with Gasteiger partial charge in [-0.3, -0.25) is 4.79 Å². The van der Waals surface area contributed by atoms with Gasteiger partial charge in [0.1, 0.15) is 0 Å². The van der Waals surface area contributed by atoms with E-state index in [4.69, 9.17) is 10.9 Å². The standard InChI is InChI=1S/C11H21N3O2/c1-8(11(12)14-16)13-10(15)7-6-9-4-2-3-5-9/h8-9,16H,2-7H2,1H3,(H2,12,14)(H,13,15). The molecule has 0 aromatic rings. The van der Waals surface area contributed by atoms with Crippen molar-refractivity contribution in [3.8, 4) is 0 Å². The number of amides is 1. The summed E-state index contributed by atoms with van der Waals surface area (Å²) in [5.74, 6) is 0.727. The Kier molecular flexibility index (Phi) is 5.08. The monoisotopic (exact) mass is 227 g/mol. The van der Waals surface area contributed by atoms with Crippen LogP contribution in [0.4, 0.5) is 0 Å². The highest BCUT2D eigenvalue weighted by molar-refractivity contribution is 5.89. The van der Waals surface area contributed by atoms with Gasteiger partial charge in [0.15, 0.2) is 5.84 Å². The molecule has 1 atom stereocenters. The summed E-state index contributed by atoms with van der Waals surface area (Å²) < 4.78 is 0. The Labute approximate surface area is 96.1 Å². The van der Waals surface area contributed by atoms with Crippen LogP contribution < -0.4 is 11.1 Å². The molecule has 0 heterocycles. The molecule has 1 fully saturated rings. The number of hydrogen-bond acceptors (Lipinski definition) is 3. The summed E-state index contributed by atoms with van der Waals surface area (Å²) in [6.07, 6.45) is 6.59. The SMILES string of the molecule is CC(NC(=O)CCC1CCCC1)/C(N)=N/O. The molecule has 0 aromatic carbocycles. The second-order valence-electron chi connectivity index (χ2n) is 4.50. The molecule has 0 aromatic heterocycles. The van der Waals surface area contributed by atoms with Crippen LogP contribution in [0.1, 0.15) is 45.4 Å². The first-order valence-corrected chi connectivity index (χ1v) is 5.90. The van der Waals surface area contributed by atoms with E-state index in [2.05, 4.69) is 10.5 Å². The van der Waals surface area contributed by atoms with Gasteiger partial charge in [-0.1, -0.05) is 30.8 Å². The van der Waals surface area contributed by atoms with Crippen molar-refractivity contribution < 1.29 is 10.0 Å². The molecular weight excluding hydrogens is 206 g/mol. The van der Waals surface area contributed by atoms with E-state index < -0.39 is 6.04 Å². The van der Waals surface area contributed by atoms with Crippen molar-refractivity contribution in [2.75, 3.05) is 0 Å². The van der Waals surface area contributed by atoms with Crippen LogP contribution in [0.25, 0.3) is 0 Å². The predicted molar refractivity (Wildman–Crippen MR) is 62.2 cm³/mol. The van der Waals surface area contributed by atoms with Crippen LogP contribution in [0.5, 0.6) is 0 Å². The normalized spacial score (nSPS) is 19.7. The molecule has 1 saturated carbocycles. The number of nitrogens with one attached hydrogen (secondary N) is 1. The van der Waals surface area contributed by atoms with E-state index in [9.17, 15) is 4.79 Å². The number of rotatable bonds is 5. The van der Waals surface area contributed by atoms with Crippen molar-refractivity contribution in [2.45, 2.75) is 51.5 Å². The highest BCUT2D eigenvalue weighted by Gasteiger charge is 2.17. The summed E-state index contributed by atoms with van der Waals surface area (Å²) in [5, 5.41) is 14.0. The van der Waals surface area contributed by atoms with Gasteiger partial charge < -0.3 is 16.3 Å². The zero-order valence-electron chi connectivity index (χ0n) is 9.78. The molecule has 5 nitrogen and oxygen atoms in total. The summed E-state index contributed by atoms with van der Waals surface area (Å²) in [4.78, 5) is 11.5. The number of amidine groups is 1. The number of carbonyl (C=O) groups is 1. The first kappa shape index (κ1) is 12.8. The highest BCUT2D eigenvalue weighted by Crippen LogP contribution is 2.28. The summed E-state index contributed by atoms with van der Waals surface area (Å²) >= 11 is 0. The van der Waals surface area contributed by atoms with Crippen LogP contribution in [-0.2, 0) is 4.79 Å². The number of hydrogen-bond donors (Lipinski definition) is 3. The van der Waals surface area contributed by atoms with Gasteiger partial charge in [0.2, 0.25) is 5.91 Å². The molecule has 1 aliphatic rings. The molecular formula is C11H21N3O2. The average molecular weight is 227 g/mol. The fourth-order valence-electron chi connectivity index (χ4n) is 2.11. The van der Waals surface area contributed by atoms with E-state index in [1.807, 2.05) is 0 Å². The topological polar surface area (TPSA) is 87.7 Å². The lowest BCUT2D eigenvalue weighted by Crippen LogP contribution is -2.42. The number of nitrogens with two attached hydrogens (primary N) is 1. The Balaban J connectivity index is 2.19. The second-order valence-corrected chi connectivity index (χ2v) is 4.50. The lowest BCUT2D eigenvalue weighted by atomic mass is 10.0. The minimum atomic E-state index is -0.402. The Morgan fingerprint density at radius 3 is 2.75 bits per heavy atom. The molecule has 0 bridgehead atoms. The highest BCUT2D eigenvalue weighted by atomic mass is 16.4. The van der Waals surface area contributed by atoms with E-state index >= 15 is 0 Å². The molecule has 4 N–H and O–H groups in total. The maximum atomic E-state index is 11.5. The zero-order valence-corrected chi connectivity index (χ0v) is 9.78. The molecule has 0 saturated heterocycles. The smallest absolute Gasteiger partial charge is 0.220 e. The maximum Gasteiger partial charge on any atom is 0.220 e. The third-order valence-corrected chi connectivity index (χ3v) is 3.19. The average Bonchev–Trinajstić information content (AvgIpc) is 2.78. The lowest BCUT2D eigenvalue weighted by Gasteiger charge is -2.13. The van der Waals surface area contributed by atoms with Crippen LogP contribution in [0.15, 0.2) is 5.16 Å². The van der Waals surface area contributed by atoms with Crippen LogP contribution in [0, 0.1) is 5.92 Å². The first-order valence-electron chi connectivity index (χ1n) is 5.90. The summed E-state index contributed by atoms with van der Waals surface area (Å²) in [6, 6.07) is -0.402. The first-order chi connectivity index (χ1) is 7.63. The minimum absolute atomic E-state index is 0.0222. The predicted octanol–water partition coefficient (Wildman–Crippen LogP) is 1.21. The van der Waals surface area contributed by atoms with E-state index in [0.29, 0.717) is 12.3 Å². The van der Waals surface area contributed by atoms with Gasteiger partial charge in [-0.2, -0.15) is 0 Å². The molecule has 1 aliphatic carbocycles. The van der Waals surface area contributed by atoms with Gasteiger partial charge in [-0.25, -0.2) is 0 Å². The van der Waals surface area contributed by atoms with Crippen LogP contribution in [-0.4, -0.2) is 23.0 Å². The van der Waals surface area contributed by atoms with Crippen molar-refractivity contribution in [3.63, 3.8) is 0 Å². The summed E-state index contributed by atoms with van der Waals surface area (Å²) in [6.45, 7) is 1.70. The van der Waals surface area contributed by atoms with Crippen molar-refractivity contribution >= 4 is 11.7 Å². The van der Waals surface area contributed by atoms with Crippen molar-refractivity contribution in [3.05, 3.63) is 0 Å². The summed E-state index contributed by atoms with van der Waals surface area (Å²) in [7, 11) is 0. The fourth-order valence-corrected chi connectivity index (χ4v) is 2.11. The fraction of sp³-hybridized carbons (Fsp3) is 0.818. The van der Waals surface area contributed by atoms with E-state index in [1.165, 1.54) is 25.7 Å². The Bertz CT molecular complexity index is 260. The Hall–Kier alpha value is -1.26. The molecule has 0 spiro atoms. The molecule has 0 aliphatic heterocycles. The molecule has 92 valence electrons. The van der Waals surface area contributed by atoms with E-state index in [1.54, 1.807) is 6.92 Å². The molecule has 5 heteroatoms. The van der Waals surface area contributed by atoms with Gasteiger partial charge in [0.25, 0.3) is 0 Å². The Morgan fingerprint density at radius 1 is 1.56 bits per heavy atom. The molecule has 1 unspecified atom stereocenters. The third-order valence-electron chi connectivity index (χ3n) is 3.19. The molecule has 1 amide bonds. The Morgan fingerprint density at radius 2 is 2.19 bits per heavy atom. The van der Waals surface area contributed by atoms with Crippen molar-refractivity contribution in [1.82, 2.24) is 5.32 Å². The maximum absolute atomic E-state index is 11.5. The number of nitrogens with zero attached hydrogens (tertiary/aromatic N) is 1. The van der Waals surface area contributed by atoms with Gasteiger partial charge >= 0.3 is 0 Å². The molecule has 16 heavy (non-hydrogen) atoms. The third kappa shape index (κ3) is 4.08. The van der Waals surface area contributed by atoms with Crippen molar-refractivity contribution in [2.24, 2.45) is 16.8 Å². The largest absolute Gasteiger partial charge is 0.409 e. The van der Waals surface area contributed by atoms with Gasteiger partial charge in [-0.05, 0) is 19.3 Å². The second kappa shape index (κ2) is 6.35. The van der Waals surface area contributed by atoms with Crippen molar-refractivity contribution in [1.29, 1.82) is 0 Å². The van der Waals surface area contributed by atoms with Gasteiger partial charge in [0, 0.05) is 6.42 Å². The quantitative estimate of drug-likeness (QED) is 0.285. The van der Waals surface area contributed by atoms with Gasteiger partial charge in [0.05, 0.1) is 6.04 Å². The van der Waals surface area contributed by atoms with E-state index in [0.717, 1.165) is 6.42 Å². The number of carbonyl (C=O) groups excluding carboxylic acids is 1. The van der Waals surface area contributed by atoms with Crippen LogP contribution in [0.3, 0.4) is 0 Å². The number of oxime groups is 1. The molecule has 0 radical (unpaired) electrons. The van der Waals surface area contributed by atoms with Gasteiger partial charge in [-0.15, -0.1) is 0 Å². The minimum Gasteiger partial charge on any atom is -0.409 e. The van der Waals surface area contributed by atoms with Crippen LogP contribution in [0.2, 0.25) is 0 Å². The van der Waals surface area contributed by atoms with Crippen LogP contribution >= 0.6 is 0 Å². The lowest BCUT2D eigenvalue weighted by molar-refractivity contribution is -0.121. The van der Waals surface area contributed by atoms with E-state index in [-0.39, 0.29) is 11.7 Å².